The lowest BCUT2D eigenvalue weighted by Gasteiger charge is -2.13. The summed E-state index contributed by atoms with van der Waals surface area (Å²) in [5.41, 5.74) is 0.949. The van der Waals surface area contributed by atoms with E-state index < -0.39 is 11.4 Å². The van der Waals surface area contributed by atoms with Crippen LogP contribution in [0.25, 0.3) is 22.0 Å². The summed E-state index contributed by atoms with van der Waals surface area (Å²) in [6.07, 6.45) is 1.41. The fourth-order valence-corrected chi connectivity index (χ4v) is 2.59. The molecule has 0 saturated heterocycles. The molecule has 4 heteroatoms. The van der Waals surface area contributed by atoms with Gasteiger partial charge in [-0.05, 0) is 29.3 Å². The molecule has 0 bridgehead atoms. The van der Waals surface area contributed by atoms with E-state index in [9.17, 15) is 9.59 Å². The van der Waals surface area contributed by atoms with E-state index in [1.54, 1.807) is 4.57 Å². The molecule has 0 atom stereocenters. The number of aromatic carboxylic acids is 1. The van der Waals surface area contributed by atoms with Crippen LogP contribution in [0.4, 0.5) is 0 Å². The first-order valence-electron chi connectivity index (χ1n) is 7.07. The lowest BCUT2D eigenvalue weighted by Crippen LogP contribution is -2.18. The van der Waals surface area contributed by atoms with Crippen molar-refractivity contribution >= 4 is 16.7 Å². The minimum absolute atomic E-state index is 0.202. The fourth-order valence-electron chi connectivity index (χ4n) is 2.59. The Labute approximate surface area is 127 Å². The third kappa shape index (κ3) is 2.39. The molecule has 0 saturated carbocycles. The van der Waals surface area contributed by atoms with Gasteiger partial charge in [-0.1, -0.05) is 36.4 Å². The van der Waals surface area contributed by atoms with Crippen molar-refractivity contribution < 1.29 is 9.90 Å². The van der Waals surface area contributed by atoms with Gasteiger partial charge in [0.25, 0.3) is 0 Å². The minimum Gasteiger partial charge on any atom is -0.477 e. The third-order valence-electron chi connectivity index (χ3n) is 3.74. The Morgan fingerprint density at radius 2 is 1.82 bits per heavy atom. The van der Waals surface area contributed by atoms with E-state index in [1.807, 2.05) is 49.4 Å². The molecule has 2 aromatic carbocycles. The van der Waals surface area contributed by atoms with Crippen LogP contribution in [0.15, 0.2) is 59.5 Å². The Morgan fingerprint density at radius 3 is 2.50 bits per heavy atom. The zero-order valence-corrected chi connectivity index (χ0v) is 12.1. The Balaban J connectivity index is 2.23. The van der Waals surface area contributed by atoms with E-state index in [-0.39, 0.29) is 5.56 Å². The van der Waals surface area contributed by atoms with Crippen molar-refractivity contribution in [3.05, 3.63) is 70.5 Å². The summed E-state index contributed by atoms with van der Waals surface area (Å²) in [4.78, 5) is 23.1. The molecule has 0 aliphatic carbocycles. The number of fused-ring (bicyclic) bond motifs is 1. The Morgan fingerprint density at radius 1 is 1.09 bits per heavy atom. The van der Waals surface area contributed by atoms with Gasteiger partial charge in [-0.2, -0.15) is 0 Å². The van der Waals surface area contributed by atoms with Gasteiger partial charge in [0.15, 0.2) is 5.43 Å². The van der Waals surface area contributed by atoms with E-state index in [4.69, 9.17) is 5.11 Å². The van der Waals surface area contributed by atoms with Gasteiger partial charge in [0.1, 0.15) is 5.56 Å². The number of aromatic nitrogens is 1. The van der Waals surface area contributed by atoms with Crippen molar-refractivity contribution in [2.24, 2.45) is 0 Å². The molecule has 0 aliphatic rings. The van der Waals surface area contributed by atoms with Gasteiger partial charge in [-0.25, -0.2) is 4.79 Å². The minimum atomic E-state index is -1.20. The smallest absolute Gasteiger partial charge is 0.341 e. The summed E-state index contributed by atoms with van der Waals surface area (Å²) >= 11 is 0. The molecular formula is C18H15NO3. The molecule has 110 valence electrons. The standard InChI is InChI=1S/C18H15NO3/c1-2-19-11-15(18(21)22)17(20)10-16(19)14-8-7-12-5-3-4-6-13(12)9-14/h3-11H,2H2,1H3,(H,21,22). The molecule has 3 rings (SSSR count). The highest BCUT2D eigenvalue weighted by molar-refractivity contribution is 5.89. The first-order chi connectivity index (χ1) is 10.6. The molecule has 3 aromatic rings. The van der Waals surface area contributed by atoms with E-state index in [2.05, 4.69) is 0 Å². The van der Waals surface area contributed by atoms with Crippen LogP contribution in [0.2, 0.25) is 0 Å². The number of carbonyl (C=O) groups is 1. The molecule has 1 aromatic heterocycles. The number of carboxylic acid groups (broad SMARTS) is 1. The van der Waals surface area contributed by atoms with Crippen LogP contribution in [0.5, 0.6) is 0 Å². The van der Waals surface area contributed by atoms with Crippen molar-refractivity contribution in [3.8, 4) is 11.3 Å². The maximum atomic E-state index is 12.0. The van der Waals surface area contributed by atoms with Crippen LogP contribution in [-0.2, 0) is 6.54 Å². The summed E-state index contributed by atoms with van der Waals surface area (Å²) in [5, 5.41) is 11.3. The van der Waals surface area contributed by atoms with Gasteiger partial charge in [-0.3, -0.25) is 4.79 Å². The molecule has 0 aliphatic heterocycles. The number of hydrogen-bond donors (Lipinski definition) is 1. The predicted molar refractivity (Wildman–Crippen MR) is 86.3 cm³/mol. The third-order valence-corrected chi connectivity index (χ3v) is 3.74. The highest BCUT2D eigenvalue weighted by Crippen LogP contribution is 2.24. The van der Waals surface area contributed by atoms with Crippen molar-refractivity contribution in [1.82, 2.24) is 4.57 Å². The number of benzene rings is 2. The topological polar surface area (TPSA) is 59.3 Å². The predicted octanol–water partition coefficient (Wildman–Crippen LogP) is 3.39. The van der Waals surface area contributed by atoms with Crippen LogP contribution >= 0.6 is 0 Å². The van der Waals surface area contributed by atoms with Crippen LogP contribution in [0.3, 0.4) is 0 Å². The number of pyridine rings is 1. The van der Waals surface area contributed by atoms with Crippen LogP contribution in [-0.4, -0.2) is 15.6 Å². The van der Waals surface area contributed by atoms with E-state index in [0.29, 0.717) is 6.54 Å². The molecule has 0 fully saturated rings. The van der Waals surface area contributed by atoms with Gasteiger partial charge >= 0.3 is 5.97 Å². The van der Waals surface area contributed by atoms with Crippen molar-refractivity contribution in [2.45, 2.75) is 13.5 Å². The van der Waals surface area contributed by atoms with Crippen LogP contribution in [0, 0.1) is 0 Å². The molecule has 1 N–H and O–H groups in total. The molecule has 1 heterocycles. The maximum absolute atomic E-state index is 12.0. The van der Waals surface area contributed by atoms with Crippen molar-refractivity contribution in [3.63, 3.8) is 0 Å². The second kappa shape index (κ2) is 5.48. The first kappa shape index (κ1) is 14.1. The van der Waals surface area contributed by atoms with Crippen molar-refractivity contribution in [2.75, 3.05) is 0 Å². The normalized spacial score (nSPS) is 10.8. The number of hydrogen-bond acceptors (Lipinski definition) is 2. The lowest BCUT2D eigenvalue weighted by molar-refractivity contribution is 0.0694. The van der Waals surface area contributed by atoms with E-state index >= 15 is 0 Å². The molecule has 22 heavy (non-hydrogen) atoms. The highest BCUT2D eigenvalue weighted by Gasteiger charge is 2.13. The second-order valence-corrected chi connectivity index (χ2v) is 5.09. The highest BCUT2D eigenvalue weighted by atomic mass is 16.4. The number of rotatable bonds is 3. The van der Waals surface area contributed by atoms with Crippen LogP contribution < -0.4 is 5.43 Å². The summed E-state index contributed by atoms with van der Waals surface area (Å²) in [5.74, 6) is -1.20. The number of nitrogens with zero attached hydrogens (tertiary/aromatic N) is 1. The van der Waals surface area contributed by atoms with Gasteiger partial charge in [-0.15, -0.1) is 0 Å². The quantitative estimate of drug-likeness (QED) is 0.805. The largest absolute Gasteiger partial charge is 0.477 e. The Kier molecular flexibility index (Phi) is 3.51. The molecule has 0 amide bonds. The van der Waals surface area contributed by atoms with Gasteiger partial charge in [0.05, 0.1) is 5.69 Å². The summed E-state index contributed by atoms with van der Waals surface area (Å²) in [6, 6.07) is 15.3. The van der Waals surface area contributed by atoms with E-state index in [1.165, 1.54) is 12.3 Å². The maximum Gasteiger partial charge on any atom is 0.341 e. The lowest BCUT2D eigenvalue weighted by atomic mass is 10.0. The monoisotopic (exact) mass is 293 g/mol. The zero-order valence-electron chi connectivity index (χ0n) is 12.1. The molecule has 0 radical (unpaired) electrons. The van der Waals surface area contributed by atoms with Crippen LogP contribution in [0.1, 0.15) is 17.3 Å². The second-order valence-electron chi connectivity index (χ2n) is 5.09. The van der Waals surface area contributed by atoms with E-state index in [0.717, 1.165) is 22.0 Å². The van der Waals surface area contributed by atoms with Crippen molar-refractivity contribution in [1.29, 1.82) is 0 Å². The van der Waals surface area contributed by atoms with Gasteiger partial charge in [0.2, 0.25) is 0 Å². The summed E-state index contributed by atoms with van der Waals surface area (Å²) in [6.45, 7) is 2.50. The Hall–Kier alpha value is -2.88. The SMILES string of the molecule is CCn1cc(C(=O)O)c(=O)cc1-c1ccc2ccccc2c1. The molecule has 4 nitrogen and oxygen atoms in total. The fraction of sp³-hybridized carbons (Fsp3) is 0.111. The molecule has 0 unspecified atom stereocenters. The average Bonchev–Trinajstić information content (AvgIpc) is 2.53. The van der Waals surface area contributed by atoms with Gasteiger partial charge in [0, 0.05) is 18.8 Å². The average molecular weight is 293 g/mol. The van der Waals surface area contributed by atoms with Gasteiger partial charge < -0.3 is 9.67 Å². The summed E-state index contributed by atoms with van der Waals surface area (Å²) in [7, 11) is 0. The zero-order chi connectivity index (χ0) is 15.7. The molecular weight excluding hydrogens is 278 g/mol. The number of carboxylic acids is 1. The molecule has 0 spiro atoms. The Bertz CT molecular complexity index is 925. The first-order valence-corrected chi connectivity index (χ1v) is 7.07. The summed E-state index contributed by atoms with van der Waals surface area (Å²) < 4.78 is 1.79. The number of aryl methyl sites for hydroxylation is 1.